The molecule has 3 heterocycles. The van der Waals surface area contributed by atoms with Crippen LogP contribution in [0.5, 0.6) is 0 Å². The van der Waals surface area contributed by atoms with E-state index in [4.69, 9.17) is 15.2 Å². The largest absolute Gasteiger partial charge is 0.387 e. The Morgan fingerprint density at radius 2 is 2.25 bits per heavy atom. The summed E-state index contributed by atoms with van der Waals surface area (Å²) in [5, 5.41) is 10.9. The zero-order chi connectivity index (χ0) is 11.2. The Hall–Kier alpha value is -0.160. The molecule has 0 aliphatic carbocycles. The molecule has 3 saturated heterocycles. The molecule has 0 aromatic rings. The first-order valence-electron chi connectivity index (χ1n) is 6.36. The lowest BCUT2D eigenvalue weighted by molar-refractivity contribution is -0.175. The fraction of sp³-hybridized carbons (Fsp3) is 1.00. The summed E-state index contributed by atoms with van der Waals surface area (Å²) in [6.07, 6.45) is 5.28. The number of fused-ring (bicyclic) bond motifs is 2. The van der Waals surface area contributed by atoms with E-state index in [-0.39, 0.29) is 11.5 Å². The van der Waals surface area contributed by atoms with E-state index in [9.17, 15) is 5.11 Å². The highest BCUT2D eigenvalue weighted by molar-refractivity contribution is 5.12. The maximum atomic E-state index is 10.9. The van der Waals surface area contributed by atoms with Gasteiger partial charge in [-0.2, -0.15) is 0 Å². The zero-order valence-electron chi connectivity index (χ0n) is 9.65. The first kappa shape index (κ1) is 11.0. The molecule has 4 unspecified atom stereocenters. The second kappa shape index (κ2) is 3.67. The van der Waals surface area contributed by atoms with Crippen molar-refractivity contribution in [3.05, 3.63) is 0 Å². The molecule has 3 N–H and O–H groups in total. The highest BCUT2D eigenvalue weighted by Gasteiger charge is 2.62. The fourth-order valence-corrected chi connectivity index (χ4v) is 3.87. The summed E-state index contributed by atoms with van der Waals surface area (Å²) >= 11 is 0. The van der Waals surface area contributed by atoms with Gasteiger partial charge in [-0.1, -0.05) is 0 Å². The summed E-state index contributed by atoms with van der Waals surface area (Å²) in [5.41, 5.74) is 4.96. The van der Waals surface area contributed by atoms with Crippen molar-refractivity contribution in [3.8, 4) is 0 Å². The van der Waals surface area contributed by atoms with Gasteiger partial charge in [-0.3, -0.25) is 0 Å². The summed E-state index contributed by atoms with van der Waals surface area (Å²) in [5.74, 6) is 0. The molecule has 4 atom stereocenters. The van der Waals surface area contributed by atoms with E-state index in [2.05, 4.69) is 0 Å². The molecule has 0 saturated carbocycles. The van der Waals surface area contributed by atoms with Gasteiger partial charge in [0, 0.05) is 18.6 Å². The Bertz CT molecular complexity index is 277. The molecular weight excluding hydrogens is 206 g/mol. The quantitative estimate of drug-likeness (QED) is 0.718. The van der Waals surface area contributed by atoms with Crippen molar-refractivity contribution in [2.24, 2.45) is 11.1 Å². The third-order valence-electron chi connectivity index (χ3n) is 4.83. The van der Waals surface area contributed by atoms with Gasteiger partial charge < -0.3 is 20.3 Å². The first-order valence-corrected chi connectivity index (χ1v) is 6.36. The summed E-state index contributed by atoms with van der Waals surface area (Å²) in [6, 6.07) is 0. The van der Waals surface area contributed by atoms with Gasteiger partial charge >= 0.3 is 0 Å². The normalized spacial score (nSPS) is 52.1. The van der Waals surface area contributed by atoms with Crippen LogP contribution < -0.4 is 5.73 Å². The van der Waals surface area contributed by atoms with Crippen LogP contribution in [0, 0.1) is 5.41 Å². The van der Waals surface area contributed by atoms with E-state index in [1.807, 2.05) is 0 Å². The second-order valence-corrected chi connectivity index (χ2v) is 5.58. The average molecular weight is 227 g/mol. The van der Waals surface area contributed by atoms with Crippen LogP contribution in [0.4, 0.5) is 0 Å². The first-order chi connectivity index (χ1) is 7.70. The Morgan fingerprint density at radius 1 is 1.38 bits per heavy atom. The Balaban J connectivity index is 1.89. The Morgan fingerprint density at radius 3 is 2.75 bits per heavy atom. The lowest BCUT2D eigenvalue weighted by atomic mass is 9.61. The van der Waals surface area contributed by atoms with Crippen LogP contribution in [-0.4, -0.2) is 42.7 Å². The number of ether oxygens (including phenoxy) is 2. The minimum Gasteiger partial charge on any atom is -0.387 e. The van der Waals surface area contributed by atoms with E-state index in [0.717, 1.165) is 38.7 Å². The van der Waals surface area contributed by atoms with Crippen LogP contribution in [0.2, 0.25) is 0 Å². The topological polar surface area (TPSA) is 64.7 Å². The molecular formula is C12H21NO3. The zero-order valence-corrected chi connectivity index (χ0v) is 9.65. The third kappa shape index (κ3) is 1.30. The number of nitrogens with two attached hydrogens (primary N) is 1. The maximum absolute atomic E-state index is 10.9. The van der Waals surface area contributed by atoms with Crippen molar-refractivity contribution in [1.82, 2.24) is 0 Å². The monoisotopic (exact) mass is 227 g/mol. The molecule has 3 aliphatic rings. The van der Waals surface area contributed by atoms with Crippen LogP contribution in [-0.2, 0) is 9.47 Å². The van der Waals surface area contributed by atoms with Gasteiger partial charge in [-0.15, -0.1) is 0 Å². The summed E-state index contributed by atoms with van der Waals surface area (Å²) in [7, 11) is 0. The van der Waals surface area contributed by atoms with Crippen molar-refractivity contribution < 1.29 is 14.6 Å². The number of aliphatic hydroxyl groups is 1. The molecule has 3 fully saturated rings. The predicted octanol–water partition coefficient (Wildman–Crippen LogP) is 0.424. The van der Waals surface area contributed by atoms with Gasteiger partial charge in [-0.25, -0.2) is 0 Å². The lowest BCUT2D eigenvalue weighted by Gasteiger charge is -2.49. The molecule has 0 aromatic carbocycles. The third-order valence-corrected chi connectivity index (χ3v) is 4.83. The predicted molar refractivity (Wildman–Crippen MR) is 59.0 cm³/mol. The molecule has 0 radical (unpaired) electrons. The van der Waals surface area contributed by atoms with Crippen molar-refractivity contribution in [2.45, 2.75) is 49.9 Å². The molecule has 4 heteroatoms. The van der Waals surface area contributed by atoms with Crippen molar-refractivity contribution >= 4 is 0 Å². The van der Waals surface area contributed by atoms with Gasteiger partial charge in [0.05, 0.1) is 24.4 Å². The van der Waals surface area contributed by atoms with Gasteiger partial charge in [0.1, 0.15) is 0 Å². The molecule has 92 valence electrons. The fourth-order valence-electron chi connectivity index (χ4n) is 3.87. The number of rotatable bonds is 2. The molecule has 2 bridgehead atoms. The number of hydrogen-bond donors (Lipinski definition) is 2. The Kier molecular flexibility index (Phi) is 2.51. The molecule has 0 amide bonds. The van der Waals surface area contributed by atoms with E-state index < -0.39 is 5.60 Å². The summed E-state index contributed by atoms with van der Waals surface area (Å²) in [6.45, 7) is 1.70. The molecule has 16 heavy (non-hydrogen) atoms. The van der Waals surface area contributed by atoms with E-state index in [1.54, 1.807) is 0 Å². The number of hydrogen-bond acceptors (Lipinski definition) is 4. The Labute approximate surface area is 96.1 Å². The van der Waals surface area contributed by atoms with Crippen LogP contribution in [0.3, 0.4) is 0 Å². The summed E-state index contributed by atoms with van der Waals surface area (Å²) < 4.78 is 11.4. The van der Waals surface area contributed by atoms with Crippen LogP contribution >= 0.6 is 0 Å². The van der Waals surface area contributed by atoms with E-state index in [0.29, 0.717) is 19.3 Å². The lowest BCUT2D eigenvalue weighted by Crippen LogP contribution is -2.61. The molecule has 4 nitrogen and oxygen atoms in total. The minimum absolute atomic E-state index is 0.147. The van der Waals surface area contributed by atoms with Crippen LogP contribution in [0.25, 0.3) is 0 Å². The van der Waals surface area contributed by atoms with Crippen molar-refractivity contribution in [2.75, 3.05) is 19.8 Å². The SMILES string of the molecule is NCC1(C2(O)CCCOC2)CC2CCC1O2. The van der Waals surface area contributed by atoms with Crippen LogP contribution in [0.1, 0.15) is 32.1 Å². The molecule has 3 rings (SSSR count). The van der Waals surface area contributed by atoms with E-state index >= 15 is 0 Å². The summed E-state index contributed by atoms with van der Waals surface area (Å²) in [4.78, 5) is 0. The van der Waals surface area contributed by atoms with Crippen LogP contribution in [0.15, 0.2) is 0 Å². The van der Waals surface area contributed by atoms with Crippen molar-refractivity contribution in [1.29, 1.82) is 0 Å². The standard InChI is InChI=1S/C12H21NO3/c13-7-11(6-9-2-3-10(11)16-9)12(14)4-1-5-15-8-12/h9-10,14H,1-8,13H2. The van der Waals surface area contributed by atoms with Gasteiger partial charge in [-0.05, 0) is 32.1 Å². The molecule has 0 spiro atoms. The van der Waals surface area contributed by atoms with Crippen molar-refractivity contribution in [3.63, 3.8) is 0 Å². The smallest absolute Gasteiger partial charge is 0.0974 e. The molecule has 0 aromatic heterocycles. The average Bonchev–Trinajstić information content (AvgIpc) is 2.90. The van der Waals surface area contributed by atoms with Gasteiger partial charge in [0.15, 0.2) is 0 Å². The highest BCUT2D eigenvalue weighted by Crippen LogP contribution is 2.54. The van der Waals surface area contributed by atoms with Gasteiger partial charge in [0.2, 0.25) is 0 Å². The molecule has 3 aliphatic heterocycles. The highest BCUT2D eigenvalue weighted by atomic mass is 16.5. The maximum Gasteiger partial charge on any atom is 0.0974 e. The minimum atomic E-state index is -0.764. The van der Waals surface area contributed by atoms with Gasteiger partial charge in [0.25, 0.3) is 0 Å². The second-order valence-electron chi connectivity index (χ2n) is 5.58. The van der Waals surface area contributed by atoms with E-state index in [1.165, 1.54) is 0 Å².